The lowest BCUT2D eigenvalue weighted by molar-refractivity contribution is -0.140. The molecule has 0 radical (unpaired) electrons. The molecule has 0 bridgehead atoms. The topological polar surface area (TPSA) is 64.6 Å². The molecule has 2 rings (SSSR count). The number of nitrogens with one attached hydrogen (secondary N) is 1. The molecule has 1 N–H and O–H groups in total. The van der Waals surface area contributed by atoms with Crippen LogP contribution in [0, 0.1) is 6.92 Å². The minimum absolute atomic E-state index is 0.200. The summed E-state index contributed by atoms with van der Waals surface area (Å²) in [5.41, 5.74) is 7.23. The van der Waals surface area contributed by atoms with Crippen molar-refractivity contribution in [2.45, 2.75) is 53.1 Å². The highest BCUT2D eigenvalue weighted by atomic mass is 16.5. The number of anilines is 1. The van der Waals surface area contributed by atoms with Crippen LogP contribution in [0.1, 0.15) is 59.3 Å². The van der Waals surface area contributed by atoms with Gasteiger partial charge in [0.15, 0.2) is 0 Å². The summed E-state index contributed by atoms with van der Waals surface area (Å²) in [4.78, 5) is 23.5. The first-order valence-electron chi connectivity index (χ1n) is 8.69. The Bertz CT molecular complexity index is 719. The van der Waals surface area contributed by atoms with Crippen LogP contribution in [0.15, 0.2) is 11.6 Å². The maximum absolute atomic E-state index is 12.2. The molecule has 1 aliphatic heterocycles. The number of cyclic esters (lactones) is 1. The molecule has 0 amide bonds. The first kappa shape index (κ1) is 19.0. The van der Waals surface area contributed by atoms with Gasteiger partial charge in [-0.2, -0.15) is 0 Å². The summed E-state index contributed by atoms with van der Waals surface area (Å²) in [5.74, 6) is -0.452. The van der Waals surface area contributed by atoms with E-state index in [2.05, 4.69) is 30.0 Å². The molecule has 0 saturated carbocycles. The van der Waals surface area contributed by atoms with Crippen molar-refractivity contribution in [1.82, 2.24) is 0 Å². The predicted molar refractivity (Wildman–Crippen MR) is 97.9 cm³/mol. The molecule has 1 aliphatic rings. The number of carbonyl (C=O) groups excluding carboxylic acids is 2. The van der Waals surface area contributed by atoms with Crippen molar-refractivity contribution < 1.29 is 19.1 Å². The summed E-state index contributed by atoms with van der Waals surface area (Å²) in [7, 11) is 3.24. The lowest BCUT2D eigenvalue weighted by Gasteiger charge is -2.19. The van der Waals surface area contributed by atoms with Gasteiger partial charge in [0.2, 0.25) is 0 Å². The number of hydrogen-bond acceptors (Lipinski definition) is 5. The van der Waals surface area contributed by atoms with Crippen LogP contribution in [0.25, 0.3) is 0 Å². The molecule has 0 atom stereocenters. The Hall–Kier alpha value is -2.30. The van der Waals surface area contributed by atoms with Crippen LogP contribution in [0.4, 0.5) is 5.69 Å². The van der Waals surface area contributed by atoms with Crippen LogP contribution >= 0.6 is 0 Å². The molecule has 1 aromatic rings. The molecule has 25 heavy (non-hydrogen) atoms. The molecule has 136 valence electrons. The van der Waals surface area contributed by atoms with Gasteiger partial charge in [0.1, 0.15) is 6.61 Å². The van der Waals surface area contributed by atoms with Crippen LogP contribution < -0.4 is 5.32 Å². The van der Waals surface area contributed by atoms with Gasteiger partial charge in [-0.15, -0.1) is 0 Å². The molecule has 0 spiro atoms. The molecule has 0 unspecified atom stereocenters. The molecule has 0 fully saturated rings. The van der Waals surface area contributed by atoms with Gasteiger partial charge < -0.3 is 14.8 Å². The normalized spacial score (nSPS) is 13.5. The van der Waals surface area contributed by atoms with Crippen molar-refractivity contribution in [2.24, 2.45) is 0 Å². The fraction of sp³-hybridized carbons (Fsp3) is 0.500. The summed E-state index contributed by atoms with van der Waals surface area (Å²) >= 11 is 0. The van der Waals surface area contributed by atoms with Crippen molar-refractivity contribution in [3.63, 3.8) is 0 Å². The van der Waals surface area contributed by atoms with E-state index in [-0.39, 0.29) is 11.9 Å². The number of ether oxygens (including phenoxy) is 2. The molecule has 1 heterocycles. The van der Waals surface area contributed by atoms with Crippen molar-refractivity contribution in [2.75, 3.05) is 19.5 Å². The molecule has 0 aromatic heterocycles. The zero-order chi connectivity index (χ0) is 18.6. The first-order valence-corrected chi connectivity index (χ1v) is 8.69. The van der Waals surface area contributed by atoms with E-state index in [0.29, 0.717) is 31.4 Å². The summed E-state index contributed by atoms with van der Waals surface area (Å²) < 4.78 is 9.95. The maximum atomic E-state index is 12.2. The zero-order valence-corrected chi connectivity index (χ0v) is 15.7. The summed E-state index contributed by atoms with van der Waals surface area (Å²) in [6.07, 6.45) is 4.80. The minimum Gasteiger partial charge on any atom is -0.469 e. The number of allylic oxidation sites excluding steroid dienone is 2. The Labute approximate surface area is 149 Å². The van der Waals surface area contributed by atoms with Gasteiger partial charge in [0.25, 0.3) is 0 Å². The van der Waals surface area contributed by atoms with Gasteiger partial charge >= 0.3 is 11.9 Å². The number of benzene rings is 1. The fourth-order valence-corrected chi connectivity index (χ4v) is 3.42. The van der Waals surface area contributed by atoms with Gasteiger partial charge in [0, 0.05) is 19.0 Å². The van der Waals surface area contributed by atoms with E-state index >= 15 is 0 Å². The molecular formula is C20H27NO4. The second kappa shape index (κ2) is 8.19. The summed E-state index contributed by atoms with van der Waals surface area (Å²) in [6.45, 7) is 6.57. The molecule has 5 heteroatoms. The highest BCUT2D eigenvalue weighted by Gasteiger charge is 2.30. The van der Waals surface area contributed by atoms with E-state index < -0.39 is 0 Å². The van der Waals surface area contributed by atoms with Crippen molar-refractivity contribution in [3.8, 4) is 0 Å². The van der Waals surface area contributed by atoms with Crippen LogP contribution in [0.5, 0.6) is 0 Å². The van der Waals surface area contributed by atoms with E-state index in [4.69, 9.17) is 4.74 Å². The molecule has 0 aliphatic carbocycles. The number of esters is 2. The van der Waals surface area contributed by atoms with E-state index in [1.54, 1.807) is 0 Å². The number of rotatable bonds is 7. The van der Waals surface area contributed by atoms with Crippen molar-refractivity contribution in [3.05, 3.63) is 39.5 Å². The molecule has 0 saturated heterocycles. The number of carbonyl (C=O) groups is 2. The lowest BCUT2D eigenvalue weighted by Crippen LogP contribution is -2.10. The Morgan fingerprint density at radius 1 is 1.32 bits per heavy atom. The Morgan fingerprint density at radius 3 is 2.64 bits per heavy atom. The molecule has 1 aromatic carbocycles. The standard InChI is InChI=1S/C20H27NO4/c1-6-14-13(3)16-11-25-20(23)18(16)19(21-4)15(14)9-7-12(2)8-10-17(22)24-5/h7,21H,6,8-11H2,1-5H3/b12-7+. The summed E-state index contributed by atoms with van der Waals surface area (Å²) in [6, 6.07) is 0. The predicted octanol–water partition coefficient (Wildman–Crippen LogP) is 3.71. The quantitative estimate of drug-likeness (QED) is 0.603. The maximum Gasteiger partial charge on any atom is 0.341 e. The highest BCUT2D eigenvalue weighted by Crippen LogP contribution is 2.37. The number of fused-ring (bicyclic) bond motifs is 1. The summed E-state index contributed by atoms with van der Waals surface area (Å²) in [5, 5.41) is 3.21. The Balaban J connectivity index is 2.37. The average Bonchev–Trinajstić information content (AvgIpc) is 3.00. The highest BCUT2D eigenvalue weighted by molar-refractivity contribution is 6.01. The third-order valence-electron chi connectivity index (χ3n) is 4.88. The fourth-order valence-electron chi connectivity index (χ4n) is 3.42. The van der Waals surface area contributed by atoms with Crippen LogP contribution in [0.2, 0.25) is 0 Å². The smallest absolute Gasteiger partial charge is 0.341 e. The van der Waals surface area contributed by atoms with E-state index in [0.717, 1.165) is 34.4 Å². The van der Waals surface area contributed by atoms with Gasteiger partial charge in [0.05, 0.1) is 18.4 Å². The largest absolute Gasteiger partial charge is 0.469 e. The third kappa shape index (κ3) is 3.86. The van der Waals surface area contributed by atoms with Crippen LogP contribution in [-0.2, 0) is 33.7 Å². The van der Waals surface area contributed by atoms with E-state index in [1.165, 1.54) is 12.7 Å². The average molecular weight is 345 g/mol. The monoisotopic (exact) mass is 345 g/mol. The minimum atomic E-state index is -0.252. The second-order valence-corrected chi connectivity index (χ2v) is 6.32. The van der Waals surface area contributed by atoms with Crippen molar-refractivity contribution in [1.29, 1.82) is 0 Å². The first-order chi connectivity index (χ1) is 11.9. The number of methoxy groups -OCH3 is 1. The Morgan fingerprint density at radius 2 is 2.04 bits per heavy atom. The SMILES string of the molecule is CCc1c(C)c2c(c(NC)c1C/C=C(\C)CCC(=O)OC)C(=O)OC2. The van der Waals surface area contributed by atoms with Crippen LogP contribution in [0.3, 0.4) is 0 Å². The van der Waals surface area contributed by atoms with Gasteiger partial charge in [-0.1, -0.05) is 18.6 Å². The number of hydrogen-bond donors (Lipinski definition) is 1. The second-order valence-electron chi connectivity index (χ2n) is 6.32. The van der Waals surface area contributed by atoms with Crippen molar-refractivity contribution >= 4 is 17.6 Å². The van der Waals surface area contributed by atoms with E-state index in [9.17, 15) is 9.59 Å². The molecular weight excluding hydrogens is 318 g/mol. The molecule has 5 nitrogen and oxygen atoms in total. The van der Waals surface area contributed by atoms with E-state index in [1.807, 2.05) is 14.0 Å². The van der Waals surface area contributed by atoms with Gasteiger partial charge in [-0.05, 0) is 49.8 Å². The Kier molecular flexibility index (Phi) is 6.23. The zero-order valence-electron chi connectivity index (χ0n) is 15.7. The third-order valence-corrected chi connectivity index (χ3v) is 4.88. The van der Waals surface area contributed by atoms with Gasteiger partial charge in [-0.3, -0.25) is 4.79 Å². The van der Waals surface area contributed by atoms with Gasteiger partial charge in [-0.25, -0.2) is 4.79 Å². The van der Waals surface area contributed by atoms with Crippen LogP contribution in [-0.4, -0.2) is 26.1 Å². The lowest BCUT2D eigenvalue weighted by atomic mass is 9.88.